The SMILES string of the molecule is CCC12CC1(C(=O)OC)C(=O)N1CCc3c([nH]c4ccccc34)C12. The van der Waals surface area contributed by atoms with Crippen molar-refractivity contribution in [2.24, 2.45) is 10.8 Å². The van der Waals surface area contributed by atoms with E-state index < -0.39 is 5.41 Å². The Kier molecular flexibility index (Phi) is 2.47. The van der Waals surface area contributed by atoms with Crippen molar-refractivity contribution >= 4 is 22.8 Å². The number of nitrogens with one attached hydrogen (secondary N) is 1. The van der Waals surface area contributed by atoms with E-state index in [2.05, 4.69) is 24.0 Å². The number of methoxy groups -OCH3 is 1. The van der Waals surface area contributed by atoms with E-state index in [4.69, 9.17) is 4.74 Å². The first-order valence-electron chi connectivity index (χ1n) is 8.59. The van der Waals surface area contributed by atoms with Gasteiger partial charge in [0.1, 0.15) is 0 Å². The van der Waals surface area contributed by atoms with Crippen molar-refractivity contribution in [1.29, 1.82) is 0 Å². The number of nitrogens with zero attached hydrogens (tertiary/aromatic N) is 1. The minimum atomic E-state index is -0.958. The zero-order chi connectivity index (χ0) is 16.7. The van der Waals surface area contributed by atoms with Gasteiger partial charge in [0.2, 0.25) is 5.91 Å². The third-order valence-electron chi connectivity index (χ3n) is 6.65. The number of hydrogen-bond acceptors (Lipinski definition) is 3. The summed E-state index contributed by atoms with van der Waals surface area (Å²) in [7, 11) is 1.38. The van der Waals surface area contributed by atoms with Gasteiger partial charge < -0.3 is 14.6 Å². The van der Waals surface area contributed by atoms with Crippen LogP contribution in [-0.4, -0.2) is 35.4 Å². The summed E-state index contributed by atoms with van der Waals surface area (Å²) in [4.78, 5) is 31.1. The van der Waals surface area contributed by atoms with Gasteiger partial charge in [-0.1, -0.05) is 25.1 Å². The predicted octanol–water partition coefficient (Wildman–Crippen LogP) is 2.57. The molecular formula is C19H20N2O3. The van der Waals surface area contributed by atoms with E-state index in [-0.39, 0.29) is 23.3 Å². The Balaban J connectivity index is 1.73. The minimum absolute atomic E-state index is 0.0366. The average molecular weight is 324 g/mol. The Bertz CT molecular complexity index is 901. The van der Waals surface area contributed by atoms with Crippen LogP contribution in [0.3, 0.4) is 0 Å². The van der Waals surface area contributed by atoms with E-state index in [1.807, 2.05) is 17.0 Å². The molecule has 0 spiro atoms. The lowest BCUT2D eigenvalue weighted by Gasteiger charge is -2.35. The molecule has 124 valence electrons. The maximum atomic E-state index is 13.1. The molecule has 3 aliphatic rings. The first-order chi connectivity index (χ1) is 11.6. The van der Waals surface area contributed by atoms with Gasteiger partial charge in [0.05, 0.1) is 13.2 Å². The summed E-state index contributed by atoms with van der Waals surface area (Å²) in [6, 6.07) is 8.25. The summed E-state index contributed by atoms with van der Waals surface area (Å²) < 4.78 is 5.03. The second-order valence-electron chi connectivity index (χ2n) is 7.30. The standard InChI is InChI=1S/C19H20N2O3/c1-3-18-10-19(18,17(23)24-2)16(22)21-9-8-12-11-6-4-5-7-13(11)20-14(12)15(18)21/h4-7,15,20H,3,8-10H2,1-2H3. The molecule has 5 heteroatoms. The summed E-state index contributed by atoms with van der Waals surface area (Å²) in [5.74, 6) is -0.396. The van der Waals surface area contributed by atoms with Gasteiger partial charge >= 0.3 is 5.97 Å². The molecule has 1 N–H and O–H groups in total. The molecule has 1 saturated carbocycles. The Morgan fingerprint density at radius 3 is 2.96 bits per heavy atom. The predicted molar refractivity (Wildman–Crippen MR) is 88.2 cm³/mol. The summed E-state index contributed by atoms with van der Waals surface area (Å²) in [6.45, 7) is 2.76. The number of carbonyl (C=O) groups excluding carboxylic acids is 2. The molecule has 3 unspecified atom stereocenters. The molecular weight excluding hydrogens is 304 g/mol. The Morgan fingerprint density at radius 2 is 2.21 bits per heavy atom. The Labute approximate surface area is 140 Å². The van der Waals surface area contributed by atoms with Crippen LogP contribution in [0.4, 0.5) is 0 Å². The largest absolute Gasteiger partial charge is 0.468 e. The van der Waals surface area contributed by atoms with Crippen LogP contribution >= 0.6 is 0 Å². The van der Waals surface area contributed by atoms with Crippen LogP contribution in [0.15, 0.2) is 24.3 Å². The number of rotatable bonds is 2. The fourth-order valence-corrected chi connectivity index (χ4v) is 5.48. The van der Waals surface area contributed by atoms with Crippen LogP contribution in [-0.2, 0) is 20.7 Å². The molecule has 5 nitrogen and oxygen atoms in total. The van der Waals surface area contributed by atoms with Gasteiger partial charge in [-0.15, -0.1) is 0 Å². The normalized spacial score (nSPS) is 33.2. The van der Waals surface area contributed by atoms with Crippen molar-refractivity contribution in [3.05, 3.63) is 35.5 Å². The number of aromatic nitrogens is 1. The number of piperidine rings is 1. The Morgan fingerprint density at radius 1 is 1.42 bits per heavy atom. The highest BCUT2D eigenvalue weighted by atomic mass is 16.5. The van der Waals surface area contributed by atoms with Crippen molar-refractivity contribution in [3.63, 3.8) is 0 Å². The smallest absolute Gasteiger partial charge is 0.322 e. The number of H-pyrrole nitrogens is 1. The van der Waals surface area contributed by atoms with Crippen molar-refractivity contribution in [3.8, 4) is 0 Å². The molecule has 24 heavy (non-hydrogen) atoms. The molecule has 2 aliphatic heterocycles. The van der Waals surface area contributed by atoms with Crippen molar-refractivity contribution < 1.29 is 14.3 Å². The van der Waals surface area contributed by atoms with E-state index in [9.17, 15) is 9.59 Å². The van der Waals surface area contributed by atoms with Gasteiger partial charge in [0, 0.05) is 28.6 Å². The first kappa shape index (κ1) is 14.1. The maximum Gasteiger partial charge on any atom is 0.322 e. The lowest BCUT2D eigenvalue weighted by Crippen LogP contribution is -2.40. The highest BCUT2D eigenvalue weighted by Crippen LogP contribution is 2.78. The topological polar surface area (TPSA) is 62.4 Å². The second kappa shape index (κ2) is 4.21. The van der Waals surface area contributed by atoms with Gasteiger partial charge in [-0.05, 0) is 30.9 Å². The quantitative estimate of drug-likeness (QED) is 0.682. The number of amides is 1. The van der Waals surface area contributed by atoms with E-state index >= 15 is 0 Å². The van der Waals surface area contributed by atoms with E-state index in [0.717, 1.165) is 24.1 Å². The lowest BCUT2D eigenvalue weighted by molar-refractivity contribution is -0.154. The van der Waals surface area contributed by atoms with Gasteiger partial charge in [0.15, 0.2) is 5.41 Å². The highest BCUT2D eigenvalue weighted by Gasteiger charge is 2.85. The third-order valence-corrected chi connectivity index (χ3v) is 6.65. The lowest BCUT2D eigenvalue weighted by atomic mass is 9.83. The van der Waals surface area contributed by atoms with Crippen LogP contribution in [0.5, 0.6) is 0 Å². The van der Waals surface area contributed by atoms with Crippen LogP contribution in [0.25, 0.3) is 10.9 Å². The maximum absolute atomic E-state index is 13.1. The van der Waals surface area contributed by atoms with Crippen LogP contribution in [0.2, 0.25) is 0 Å². The highest BCUT2D eigenvalue weighted by molar-refractivity contribution is 6.10. The summed E-state index contributed by atoms with van der Waals surface area (Å²) in [6.07, 6.45) is 2.24. The number of esters is 1. The van der Waals surface area contributed by atoms with Crippen LogP contribution in [0, 0.1) is 10.8 Å². The number of fused-ring (bicyclic) bond motifs is 7. The van der Waals surface area contributed by atoms with E-state index in [1.165, 1.54) is 18.1 Å². The summed E-state index contributed by atoms with van der Waals surface area (Å²) >= 11 is 0. The number of aromatic amines is 1. The number of para-hydroxylation sites is 1. The molecule has 0 bridgehead atoms. The summed E-state index contributed by atoms with van der Waals surface area (Å²) in [5.41, 5.74) is 2.26. The number of hydrogen-bond donors (Lipinski definition) is 1. The fraction of sp³-hybridized carbons (Fsp3) is 0.474. The molecule has 3 heterocycles. The van der Waals surface area contributed by atoms with Crippen LogP contribution in [0.1, 0.15) is 37.1 Å². The number of ether oxygens (including phenoxy) is 1. The third kappa shape index (κ3) is 1.27. The average Bonchev–Trinajstić information content (AvgIpc) is 3.09. The molecule has 2 aromatic rings. The van der Waals surface area contributed by atoms with Crippen LogP contribution < -0.4 is 0 Å². The molecule has 5 rings (SSSR count). The molecule has 1 aliphatic carbocycles. The van der Waals surface area contributed by atoms with Gasteiger partial charge in [-0.25, -0.2) is 0 Å². The monoisotopic (exact) mass is 324 g/mol. The van der Waals surface area contributed by atoms with Gasteiger partial charge in [-0.2, -0.15) is 0 Å². The zero-order valence-electron chi connectivity index (χ0n) is 13.9. The van der Waals surface area contributed by atoms with E-state index in [1.54, 1.807) is 0 Å². The van der Waals surface area contributed by atoms with Crippen molar-refractivity contribution in [1.82, 2.24) is 9.88 Å². The second-order valence-corrected chi connectivity index (χ2v) is 7.30. The Hall–Kier alpha value is -2.30. The number of carbonyl (C=O) groups is 2. The minimum Gasteiger partial charge on any atom is -0.468 e. The molecule has 0 radical (unpaired) electrons. The van der Waals surface area contributed by atoms with Gasteiger partial charge in [0.25, 0.3) is 0 Å². The van der Waals surface area contributed by atoms with Gasteiger partial charge in [-0.3, -0.25) is 9.59 Å². The molecule has 1 saturated heterocycles. The molecule has 1 amide bonds. The first-order valence-corrected chi connectivity index (χ1v) is 8.59. The molecule has 1 aromatic carbocycles. The molecule has 2 fully saturated rings. The zero-order valence-corrected chi connectivity index (χ0v) is 13.9. The van der Waals surface area contributed by atoms with Crippen molar-refractivity contribution in [2.75, 3.05) is 13.7 Å². The van der Waals surface area contributed by atoms with E-state index in [0.29, 0.717) is 13.0 Å². The molecule has 1 aromatic heterocycles. The molecule has 3 atom stereocenters. The fourth-order valence-electron chi connectivity index (χ4n) is 5.48. The summed E-state index contributed by atoms with van der Waals surface area (Å²) in [5, 5.41) is 1.24. The number of benzene rings is 1. The van der Waals surface area contributed by atoms with Crippen molar-refractivity contribution in [2.45, 2.75) is 32.2 Å².